The van der Waals surface area contributed by atoms with Crippen molar-refractivity contribution in [2.45, 2.75) is 25.7 Å². The number of rotatable bonds is 3. The summed E-state index contributed by atoms with van der Waals surface area (Å²) in [5, 5.41) is 7.76. The maximum absolute atomic E-state index is 4.89. The Bertz CT molecular complexity index is 1110. The van der Waals surface area contributed by atoms with Gasteiger partial charge in [0.15, 0.2) is 0 Å². The van der Waals surface area contributed by atoms with E-state index in [0.29, 0.717) is 5.92 Å². The summed E-state index contributed by atoms with van der Waals surface area (Å²) in [6.07, 6.45) is 6.42. The normalized spacial score (nSPS) is 15.4. The first-order chi connectivity index (χ1) is 13.7. The summed E-state index contributed by atoms with van der Waals surface area (Å²) in [7, 11) is 1.99. The second-order valence-corrected chi connectivity index (χ2v) is 8.36. The predicted molar refractivity (Wildman–Crippen MR) is 115 cm³/mol. The maximum Gasteiger partial charge on any atom is 0.141 e. The average molecular weight is 390 g/mol. The van der Waals surface area contributed by atoms with Crippen LogP contribution in [0.2, 0.25) is 0 Å². The highest BCUT2D eigenvalue weighted by molar-refractivity contribution is 7.17. The summed E-state index contributed by atoms with van der Waals surface area (Å²) >= 11 is 1.71. The molecule has 142 valence electrons. The number of nitrogens with zero attached hydrogens (tertiary/aromatic N) is 5. The first kappa shape index (κ1) is 17.4. The van der Waals surface area contributed by atoms with E-state index < -0.39 is 0 Å². The van der Waals surface area contributed by atoms with Gasteiger partial charge in [0.1, 0.15) is 16.5 Å². The van der Waals surface area contributed by atoms with Crippen LogP contribution in [0, 0.1) is 6.92 Å². The fourth-order valence-corrected chi connectivity index (χ4v) is 5.15. The Morgan fingerprint density at radius 1 is 1.07 bits per heavy atom. The molecule has 0 aliphatic carbocycles. The summed E-state index contributed by atoms with van der Waals surface area (Å²) < 4.78 is 1.90. The molecule has 0 amide bonds. The molecule has 4 aromatic rings. The second kappa shape index (κ2) is 7.02. The molecule has 5 rings (SSSR count). The van der Waals surface area contributed by atoms with Crippen LogP contribution in [0.1, 0.15) is 30.1 Å². The summed E-state index contributed by atoms with van der Waals surface area (Å²) in [6.45, 7) is 4.01. The molecule has 4 heterocycles. The smallest absolute Gasteiger partial charge is 0.141 e. The van der Waals surface area contributed by atoms with Crippen LogP contribution in [0.15, 0.2) is 48.1 Å². The largest absolute Gasteiger partial charge is 0.356 e. The SMILES string of the molecule is Cc1nc(N2CCC(c3cnn(C)c3)CC2)c2c(-c3ccccc3)csc2n1. The molecule has 1 aliphatic rings. The van der Waals surface area contributed by atoms with Crippen molar-refractivity contribution >= 4 is 27.4 Å². The lowest BCUT2D eigenvalue weighted by molar-refractivity contribution is 0.503. The molecule has 6 heteroatoms. The minimum absolute atomic E-state index is 0.583. The van der Waals surface area contributed by atoms with Gasteiger partial charge in [-0.25, -0.2) is 9.97 Å². The van der Waals surface area contributed by atoms with E-state index >= 15 is 0 Å². The molecule has 0 saturated carbocycles. The van der Waals surface area contributed by atoms with Crippen molar-refractivity contribution < 1.29 is 0 Å². The average Bonchev–Trinajstić information content (AvgIpc) is 3.34. The Kier molecular flexibility index (Phi) is 4.36. The molecule has 1 saturated heterocycles. The van der Waals surface area contributed by atoms with Gasteiger partial charge in [-0.05, 0) is 36.8 Å². The summed E-state index contributed by atoms with van der Waals surface area (Å²) in [6, 6.07) is 10.6. The number of aromatic nitrogens is 4. The Morgan fingerprint density at radius 3 is 2.57 bits per heavy atom. The quantitative estimate of drug-likeness (QED) is 0.506. The van der Waals surface area contributed by atoms with E-state index in [1.807, 2.05) is 24.9 Å². The van der Waals surface area contributed by atoms with Crippen molar-refractivity contribution in [3.8, 4) is 11.1 Å². The van der Waals surface area contributed by atoms with Crippen molar-refractivity contribution in [3.05, 3.63) is 59.5 Å². The van der Waals surface area contributed by atoms with Crippen LogP contribution in [0.3, 0.4) is 0 Å². The fraction of sp³-hybridized carbons (Fsp3) is 0.318. The third-order valence-corrected chi connectivity index (χ3v) is 6.47. The minimum atomic E-state index is 0.583. The Hall–Kier alpha value is -2.73. The van der Waals surface area contributed by atoms with Crippen LogP contribution < -0.4 is 4.90 Å². The van der Waals surface area contributed by atoms with Gasteiger partial charge in [0.25, 0.3) is 0 Å². The standard InChI is InChI=1S/C22H23N5S/c1-15-24-21(27-10-8-16(9-11-27)18-12-23-26(2)13-18)20-19(14-28-22(20)25-15)17-6-4-3-5-7-17/h3-7,12-14,16H,8-11H2,1-2H3. The number of hydrogen-bond donors (Lipinski definition) is 0. The molecule has 0 spiro atoms. The number of benzene rings is 1. The van der Waals surface area contributed by atoms with Crippen molar-refractivity contribution in [2.24, 2.45) is 7.05 Å². The monoisotopic (exact) mass is 389 g/mol. The van der Waals surface area contributed by atoms with Gasteiger partial charge in [-0.15, -0.1) is 11.3 Å². The van der Waals surface area contributed by atoms with Crippen LogP contribution in [-0.4, -0.2) is 32.8 Å². The number of thiophene rings is 1. The van der Waals surface area contributed by atoms with Crippen LogP contribution >= 0.6 is 11.3 Å². The molecule has 0 unspecified atom stereocenters. The lowest BCUT2D eigenvalue weighted by atomic mass is 9.91. The molecular formula is C22H23N5S. The highest BCUT2D eigenvalue weighted by atomic mass is 32.1. The Morgan fingerprint density at radius 2 is 1.86 bits per heavy atom. The van der Waals surface area contributed by atoms with Gasteiger partial charge in [0.05, 0.1) is 11.6 Å². The first-order valence-electron chi connectivity index (χ1n) is 9.74. The number of hydrogen-bond acceptors (Lipinski definition) is 5. The molecule has 5 nitrogen and oxygen atoms in total. The van der Waals surface area contributed by atoms with Crippen LogP contribution in [0.5, 0.6) is 0 Å². The lowest BCUT2D eigenvalue weighted by Crippen LogP contribution is -2.33. The van der Waals surface area contributed by atoms with Crippen molar-refractivity contribution in [2.75, 3.05) is 18.0 Å². The molecule has 3 aromatic heterocycles. The number of piperidine rings is 1. The summed E-state index contributed by atoms with van der Waals surface area (Å²) in [4.78, 5) is 13.1. The van der Waals surface area contributed by atoms with Gasteiger partial charge in [0, 0.05) is 37.3 Å². The Labute approximate surface area is 168 Å². The van der Waals surface area contributed by atoms with Gasteiger partial charge in [-0.2, -0.15) is 5.10 Å². The molecule has 0 N–H and O–H groups in total. The molecule has 1 aliphatic heterocycles. The number of fused-ring (bicyclic) bond motifs is 1. The predicted octanol–water partition coefficient (Wildman–Crippen LogP) is 4.78. The van der Waals surface area contributed by atoms with Gasteiger partial charge in [-0.1, -0.05) is 30.3 Å². The van der Waals surface area contributed by atoms with Crippen molar-refractivity contribution in [3.63, 3.8) is 0 Å². The molecule has 0 bridgehead atoms. The highest BCUT2D eigenvalue weighted by Gasteiger charge is 2.25. The van der Waals surface area contributed by atoms with Crippen LogP contribution in [-0.2, 0) is 7.05 Å². The van der Waals surface area contributed by atoms with Gasteiger partial charge >= 0.3 is 0 Å². The third kappa shape index (κ3) is 3.07. The van der Waals surface area contributed by atoms with E-state index in [-0.39, 0.29) is 0 Å². The van der Waals surface area contributed by atoms with E-state index in [9.17, 15) is 0 Å². The molecule has 1 fully saturated rings. The van der Waals surface area contributed by atoms with E-state index in [1.54, 1.807) is 11.3 Å². The first-order valence-corrected chi connectivity index (χ1v) is 10.6. The van der Waals surface area contributed by atoms with E-state index in [1.165, 1.54) is 22.1 Å². The third-order valence-electron chi connectivity index (χ3n) is 5.60. The zero-order valence-corrected chi connectivity index (χ0v) is 17.0. The van der Waals surface area contributed by atoms with E-state index in [0.717, 1.165) is 42.4 Å². The molecular weight excluding hydrogens is 366 g/mol. The topological polar surface area (TPSA) is 46.8 Å². The minimum Gasteiger partial charge on any atom is -0.356 e. The second-order valence-electron chi connectivity index (χ2n) is 7.50. The highest BCUT2D eigenvalue weighted by Crippen LogP contribution is 2.40. The maximum atomic E-state index is 4.89. The summed E-state index contributed by atoms with van der Waals surface area (Å²) in [5.74, 6) is 2.52. The number of anilines is 1. The summed E-state index contributed by atoms with van der Waals surface area (Å²) in [5.41, 5.74) is 3.82. The molecule has 28 heavy (non-hydrogen) atoms. The Balaban J connectivity index is 1.50. The van der Waals surface area contributed by atoms with Crippen LogP contribution in [0.25, 0.3) is 21.3 Å². The number of aryl methyl sites for hydroxylation is 2. The van der Waals surface area contributed by atoms with Gasteiger partial charge < -0.3 is 4.90 Å². The lowest BCUT2D eigenvalue weighted by Gasteiger charge is -2.33. The zero-order valence-electron chi connectivity index (χ0n) is 16.2. The fourth-order valence-electron chi connectivity index (χ4n) is 4.16. The zero-order chi connectivity index (χ0) is 19.1. The van der Waals surface area contributed by atoms with Crippen molar-refractivity contribution in [1.82, 2.24) is 19.7 Å². The van der Waals surface area contributed by atoms with Crippen LogP contribution in [0.4, 0.5) is 5.82 Å². The van der Waals surface area contributed by atoms with Gasteiger partial charge in [0.2, 0.25) is 0 Å². The van der Waals surface area contributed by atoms with E-state index in [4.69, 9.17) is 9.97 Å². The molecule has 1 aromatic carbocycles. The molecule has 0 atom stereocenters. The molecule has 0 radical (unpaired) electrons. The van der Waals surface area contributed by atoms with E-state index in [2.05, 4.69) is 51.9 Å². The van der Waals surface area contributed by atoms with Gasteiger partial charge in [-0.3, -0.25) is 4.68 Å². The van der Waals surface area contributed by atoms with Crippen molar-refractivity contribution in [1.29, 1.82) is 0 Å².